The van der Waals surface area contributed by atoms with Crippen LogP contribution in [0.1, 0.15) is 50.6 Å². The Morgan fingerprint density at radius 3 is 2.95 bits per heavy atom. The van der Waals surface area contributed by atoms with Crippen LogP contribution in [0.15, 0.2) is 22.7 Å². The van der Waals surface area contributed by atoms with E-state index in [1.165, 1.54) is 38.2 Å². The van der Waals surface area contributed by atoms with Crippen molar-refractivity contribution in [1.29, 1.82) is 0 Å². The molecule has 2 unspecified atom stereocenters. The minimum atomic E-state index is -0.189. The summed E-state index contributed by atoms with van der Waals surface area (Å²) >= 11 is 3.55. The standard InChI is InChI=1S/C16H24BrFN2/c1-2-5-13-6-3-4-9-20(13)16(11-19)14-10-12(18)7-8-15(14)17/h7-8,10,13,16H,2-6,9,11,19H2,1H3. The molecule has 2 rings (SSSR count). The molecule has 0 radical (unpaired) electrons. The fourth-order valence-electron chi connectivity index (χ4n) is 3.29. The predicted octanol–water partition coefficient (Wildman–Crippen LogP) is 4.24. The third-order valence-corrected chi connectivity index (χ3v) is 4.96. The van der Waals surface area contributed by atoms with Crippen molar-refractivity contribution in [3.8, 4) is 0 Å². The van der Waals surface area contributed by atoms with Crippen LogP contribution in [0, 0.1) is 5.82 Å². The lowest BCUT2D eigenvalue weighted by Gasteiger charge is -2.41. The number of halogens is 2. The number of nitrogens with zero attached hydrogens (tertiary/aromatic N) is 1. The van der Waals surface area contributed by atoms with Gasteiger partial charge in [0.15, 0.2) is 0 Å². The summed E-state index contributed by atoms with van der Waals surface area (Å²) in [4.78, 5) is 2.49. The van der Waals surface area contributed by atoms with E-state index in [0.29, 0.717) is 12.6 Å². The Kier molecular flexibility index (Phi) is 6.00. The molecule has 1 fully saturated rings. The van der Waals surface area contributed by atoms with Gasteiger partial charge in [0.25, 0.3) is 0 Å². The molecule has 1 saturated heterocycles. The first-order valence-corrected chi connectivity index (χ1v) is 8.37. The SMILES string of the molecule is CCCC1CCCCN1C(CN)c1cc(F)ccc1Br. The molecule has 20 heavy (non-hydrogen) atoms. The maximum Gasteiger partial charge on any atom is 0.123 e. The molecule has 0 amide bonds. The Labute approximate surface area is 129 Å². The summed E-state index contributed by atoms with van der Waals surface area (Å²) in [6, 6.07) is 5.58. The highest BCUT2D eigenvalue weighted by Gasteiger charge is 2.29. The highest BCUT2D eigenvalue weighted by atomic mass is 79.9. The molecule has 112 valence electrons. The van der Waals surface area contributed by atoms with Crippen molar-refractivity contribution in [2.24, 2.45) is 5.73 Å². The molecule has 1 heterocycles. The monoisotopic (exact) mass is 342 g/mol. The Balaban J connectivity index is 2.27. The summed E-state index contributed by atoms with van der Waals surface area (Å²) in [7, 11) is 0. The highest BCUT2D eigenvalue weighted by molar-refractivity contribution is 9.10. The zero-order valence-electron chi connectivity index (χ0n) is 12.1. The first-order valence-electron chi connectivity index (χ1n) is 7.58. The molecule has 0 spiro atoms. The lowest BCUT2D eigenvalue weighted by Crippen LogP contribution is -2.44. The molecular formula is C16H24BrFN2. The second-order valence-electron chi connectivity index (χ2n) is 5.59. The predicted molar refractivity (Wildman–Crippen MR) is 85.1 cm³/mol. The molecule has 1 aliphatic rings. The molecule has 2 nitrogen and oxygen atoms in total. The Morgan fingerprint density at radius 2 is 2.25 bits per heavy atom. The first-order chi connectivity index (χ1) is 9.67. The second kappa shape index (κ2) is 7.53. The van der Waals surface area contributed by atoms with Gasteiger partial charge in [0, 0.05) is 23.1 Å². The number of hydrogen-bond donors (Lipinski definition) is 1. The van der Waals surface area contributed by atoms with Crippen molar-refractivity contribution < 1.29 is 4.39 Å². The van der Waals surface area contributed by atoms with Crippen molar-refractivity contribution in [3.63, 3.8) is 0 Å². The lowest BCUT2D eigenvalue weighted by atomic mass is 9.93. The van der Waals surface area contributed by atoms with Crippen molar-refractivity contribution in [3.05, 3.63) is 34.1 Å². The average Bonchev–Trinajstić information content (AvgIpc) is 2.45. The van der Waals surface area contributed by atoms with Crippen LogP contribution in [0.5, 0.6) is 0 Å². The summed E-state index contributed by atoms with van der Waals surface area (Å²) in [6.45, 7) is 3.82. The van der Waals surface area contributed by atoms with Crippen molar-refractivity contribution in [2.45, 2.75) is 51.1 Å². The van der Waals surface area contributed by atoms with Gasteiger partial charge in [-0.3, -0.25) is 4.90 Å². The second-order valence-corrected chi connectivity index (χ2v) is 6.45. The number of piperidine rings is 1. The summed E-state index contributed by atoms with van der Waals surface area (Å²) < 4.78 is 14.5. The molecule has 0 aliphatic carbocycles. The van der Waals surface area contributed by atoms with Crippen LogP contribution in [0.3, 0.4) is 0 Å². The fraction of sp³-hybridized carbons (Fsp3) is 0.625. The maximum absolute atomic E-state index is 13.6. The van der Waals surface area contributed by atoms with E-state index in [-0.39, 0.29) is 11.9 Å². The van der Waals surface area contributed by atoms with Crippen LogP contribution in [-0.4, -0.2) is 24.0 Å². The largest absolute Gasteiger partial charge is 0.329 e. The minimum Gasteiger partial charge on any atom is -0.329 e. The van der Waals surface area contributed by atoms with Crippen molar-refractivity contribution in [1.82, 2.24) is 4.90 Å². The van der Waals surface area contributed by atoms with Gasteiger partial charge in [0.2, 0.25) is 0 Å². The maximum atomic E-state index is 13.6. The van der Waals surface area contributed by atoms with E-state index < -0.39 is 0 Å². The zero-order chi connectivity index (χ0) is 14.5. The van der Waals surface area contributed by atoms with E-state index in [9.17, 15) is 4.39 Å². The number of benzene rings is 1. The molecular weight excluding hydrogens is 319 g/mol. The van der Waals surface area contributed by atoms with E-state index in [2.05, 4.69) is 27.8 Å². The van der Waals surface area contributed by atoms with Gasteiger partial charge in [-0.2, -0.15) is 0 Å². The molecule has 1 aromatic rings. The van der Waals surface area contributed by atoms with Gasteiger partial charge in [-0.15, -0.1) is 0 Å². The molecule has 0 saturated carbocycles. The van der Waals surface area contributed by atoms with Gasteiger partial charge in [0.1, 0.15) is 5.82 Å². The Bertz CT molecular complexity index is 436. The van der Waals surface area contributed by atoms with E-state index >= 15 is 0 Å². The Hall–Kier alpha value is -0.450. The molecule has 4 heteroatoms. The first kappa shape index (κ1) is 15.9. The zero-order valence-corrected chi connectivity index (χ0v) is 13.7. The van der Waals surface area contributed by atoms with Crippen LogP contribution < -0.4 is 5.73 Å². The average molecular weight is 343 g/mol. The normalized spacial score (nSPS) is 21.9. The van der Waals surface area contributed by atoms with E-state index in [1.54, 1.807) is 12.1 Å². The van der Waals surface area contributed by atoms with Crippen LogP contribution in [0.4, 0.5) is 4.39 Å². The smallest absolute Gasteiger partial charge is 0.123 e. The number of likely N-dealkylation sites (tertiary alicyclic amines) is 1. The number of rotatable bonds is 5. The lowest BCUT2D eigenvalue weighted by molar-refractivity contribution is 0.0908. The minimum absolute atomic E-state index is 0.108. The van der Waals surface area contributed by atoms with Gasteiger partial charge in [-0.1, -0.05) is 35.7 Å². The molecule has 2 N–H and O–H groups in total. The quantitative estimate of drug-likeness (QED) is 0.866. The highest BCUT2D eigenvalue weighted by Crippen LogP contribution is 2.33. The fourth-order valence-corrected chi connectivity index (χ4v) is 3.80. The van der Waals surface area contributed by atoms with Crippen molar-refractivity contribution in [2.75, 3.05) is 13.1 Å². The third kappa shape index (κ3) is 3.60. The van der Waals surface area contributed by atoms with E-state index in [1.807, 2.05) is 0 Å². The molecule has 0 aromatic heterocycles. The molecule has 0 bridgehead atoms. The van der Waals surface area contributed by atoms with Gasteiger partial charge < -0.3 is 5.73 Å². The van der Waals surface area contributed by atoms with Crippen LogP contribution in [0.25, 0.3) is 0 Å². The van der Waals surface area contributed by atoms with Crippen LogP contribution in [0.2, 0.25) is 0 Å². The third-order valence-electron chi connectivity index (χ3n) is 4.24. The van der Waals surface area contributed by atoms with Gasteiger partial charge >= 0.3 is 0 Å². The van der Waals surface area contributed by atoms with Gasteiger partial charge in [0.05, 0.1) is 0 Å². The van der Waals surface area contributed by atoms with E-state index in [4.69, 9.17) is 5.73 Å². The van der Waals surface area contributed by atoms with Crippen molar-refractivity contribution >= 4 is 15.9 Å². The van der Waals surface area contributed by atoms with Gasteiger partial charge in [-0.25, -0.2) is 4.39 Å². The summed E-state index contributed by atoms with van der Waals surface area (Å²) in [5.74, 6) is -0.189. The summed E-state index contributed by atoms with van der Waals surface area (Å²) in [6.07, 6.45) is 6.12. The summed E-state index contributed by atoms with van der Waals surface area (Å²) in [5.41, 5.74) is 7.01. The summed E-state index contributed by atoms with van der Waals surface area (Å²) in [5, 5.41) is 0. The molecule has 1 aromatic carbocycles. The van der Waals surface area contributed by atoms with Gasteiger partial charge in [-0.05, 0) is 49.6 Å². The van der Waals surface area contributed by atoms with E-state index in [0.717, 1.165) is 16.6 Å². The number of nitrogens with two attached hydrogens (primary N) is 1. The van der Waals surface area contributed by atoms with Crippen LogP contribution >= 0.6 is 15.9 Å². The molecule has 2 atom stereocenters. The number of hydrogen-bond acceptors (Lipinski definition) is 2. The Morgan fingerprint density at radius 1 is 1.45 bits per heavy atom. The topological polar surface area (TPSA) is 29.3 Å². The molecule has 1 aliphatic heterocycles. The van der Waals surface area contributed by atoms with Crippen LogP contribution in [-0.2, 0) is 0 Å².